The van der Waals surface area contributed by atoms with Crippen molar-refractivity contribution in [2.45, 2.75) is 30.1 Å². The van der Waals surface area contributed by atoms with Crippen molar-refractivity contribution in [1.82, 2.24) is 15.6 Å². The maximum atomic E-state index is 13.7. The van der Waals surface area contributed by atoms with Gasteiger partial charge in [0.2, 0.25) is 5.91 Å². The van der Waals surface area contributed by atoms with Gasteiger partial charge in [0.15, 0.2) is 0 Å². The number of hydrogen-bond acceptors (Lipinski definition) is 5. The number of carbonyl (C=O) groups is 1. The van der Waals surface area contributed by atoms with Gasteiger partial charge in [-0.3, -0.25) is 4.79 Å². The second kappa shape index (κ2) is 6.07. The summed E-state index contributed by atoms with van der Waals surface area (Å²) in [7, 11) is 0. The van der Waals surface area contributed by atoms with Crippen LogP contribution in [0, 0.1) is 0 Å². The Morgan fingerprint density at radius 1 is 1.50 bits per heavy atom. The van der Waals surface area contributed by atoms with Crippen LogP contribution >= 0.6 is 11.8 Å². The average Bonchev–Trinajstić information content (AvgIpc) is 2.46. The zero-order valence-corrected chi connectivity index (χ0v) is 11.8. The molecule has 5 nitrogen and oxygen atoms in total. The van der Waals surface area contributed by atoms with E-state index in [4.69, 9.17) is 0 Å². The number of thioether (sulfide) groups is 1. The first-order valence-corrected chi connectivity index (χ1v) is 7.71. The molecule has 2 aliphatic heterocycles. The molecule has 1 saturated heterocycles. The number of anilines is 1. The van der Waals surface area contributed by atoms with E-state index in [1.807, 2.05) is 12.1 Å². The largest absolute Gasteiger partial charge is 0.314 e. The monoisotopic (exact) mass is 296 g/mol. The minimum absolute atomic E-state index is 0.0257. The number of piperidine rings is 1. The summed E-state index contributed by atoms with van der Waals surface area (Å²) >= 11 is 1.49. The molecule has 1 aromatic rings. The number of alkyl halides is 1. The van der Waals surface area contributed by atoms with Crippen LogP contribution in [-0.4, -0.2) is 41.9 Å². The first-order chi connectivity index (χ1) is 9.72. The Balaban J connectivity index is 1.63. The molecule has 0 saturated carbocycles. The van der Waals surface area contributed by atoms with Gasteiger partial charge in [0.05, 0.1) is 16.3 Å². The second-order valence-corrected chi connectivity index (χ2v) is 6.00. The molecule has 20 heavy (non-hydrogen) atoms. The SMILES string of the molecule is O=C1CSc2ccc(CN[C@H]3CCNC[C@H]3F)nc2N1. The maximum absolute atomic E-state index is 13.7. The molecule has 0 aliphatic carbocycles. The number of hydrogen-bond donors (Lipinski definition) is 3. The summed E-state index contributed by atoms with van der Waals surface area (Å²) in [6.07, 6.45) is -0.0877. The highest BCUT2D eigenvalue weighted by Gasteiger charge is 2.24. The average molecular weight is 296 g/mol. The first-order valence-electron chi connectivity index (χ1n) is 6.73. The van der Waals surface area contributed by atoms with E-state index in [1.54, 1.807) is 0 Å². The summed E-state index contributed by atoms with van der Waals surface area (Å²) in [5.74, 6) is 1.03. The number of carbonyl (C=O) groups excluding carboxylic acids is 1. The van der Waals surface area contributed by atoms with Gasteiger partial charge in [0, 0.05) is 19.1 Å². The van der Waals surface area contributed by atoms with Crippen LogP contribution in [0.1, 0.15) is 12.1 Å². The molecule has 2 atom stereocenters. The van der Waals surface area contributed by atoms with Crippen molar-refractivity contribution in [3.63, 3.8) is 0 Å². The molecule has 1 fully saturated rings. The van der Waals surface area contributed by atoms with Gasteiger partial charge in [-0.25, -0.2) is 9.37 Å². The molecular formula is C13H17FN4OS. The number of rotatable bonds is 3. The molecule has 3 N–H and O–H groups in total. The van der Waals surface area contributed by atoms with E-state index in [1.165, 1.54) is 11.8 Å². The van der Waals surface area contributed by atoms with Crippen molar-refractivity contribution in [3.05, 3.63) is 17.8 Å². The van der Waals surface area contributed by atoms with Crippen LogP contribution in [0.5, 0.6) is 0 Å². The number of halogens is 1. The van der Waals surface area contributed by atoms with Crippen LogP contribution in [0.25, 0.3) is 0 Å². The lowest BCUT2D eigenvalue weighted by molar-refractivity contribution is -0.113. The highest BCUT2D eigenvalue weighted by atomic mass is 32.2. The highest BCUT2D eigenvalue weighted by molar-refractivity contribution is 8.00. The third-order valence-electron chi connectivity index (χ3n) is 3.49. The number of nitrogens with one attached hydrogen (secondary N) is 3. The van der Waals surface area contributed by atoms with Gasteiger partial charge in [0.1, 0.15) is 12.0 Å². The Morgan fingerprint density at radius 2 is 2.40 bits per heavy atom. The lowest BCUT2D eigenvalue weighted by Crippen LogP contribution is -2.48. The fourth-order valence-electron chi connectivity index (χ4n) is 2.39. The van der Waals surface area contributed by atoms with Crippen LogP contribution in [0.3, 0.4) is 0 Å². The molecule has 0 unspecified atom stereocenters. The predicted molar refractivity (Wildman–Crippen MR) is 76.6 cm³/mol. The Bertz CT molecular complexity index is 513. The summed E-state index contributed by atoms with van der Waals surface area (Å²) in [5.41, 5.74) is 0.817. The van der Waals surface area contributed by atoms with Crippen LogP contribution < -0.4 is 16.0 Å². The molecule has 3 heterocycles. The molecule has 108 valence electrons. The summed E-state index contributed by atoms with van der Waals surface area (Å²) in [6, 6.07) is 3.75. The predicted octanol–water partition coefficient (Wildman–Crippen LogP) is 0.915. The van der Waals surface area contributed by atoms with Crippen LogP contribution in [0.15, 0.2) is 17.0 Å². The first kappa shape index (κ1) is 13.8. The number of amides is 1. The number of pyridine rings is 1. The fourth-order valence-corrected chi connectivity index (χ4v) is 3.15. The van der Waals surface area contributed by atoms with Gasteiger partial charge in [-0.05, 0) is 25.1 Å². The Labute approximate surface area is 121 Å². The topological polar surface area (TPSA) is 66.0 Å². The molecule has 0 aromatic carbocycles. The van der Waals surface area contributed by atoms with E-state index in [0.29, 0.717) is 24.7 Å². The van der Waals surface area contributed by atoms with Crippen molar-refractivity contribution in [2.24, 2.45) is 0 Å². The van der Waals surface area contributed by atoms with E-state index in [9.17, 15) is 9.18 Å². The lowest BCUT2D eigenvalue weighted by atomic mass is 10.0. The van der Waals surface area contributed by atoms with Crippen molar-refractivity contribution < 1.29 is 9.18 Å². The van der Waals surface area contributed by atoms with Crippen LogP contribution in [0.2, 0.25) is 0 Å². The van der Waals surface area contributed by atoms with E-state index in [-0.39, 0.29) is 11.9 Å². The summed E-state index contributed by atoms with van der Waals surface area (Å²) in [6.45, 7) is 1.75. The zero-order valence-electron chi connectivity index (χ0n) is 11.0. The number of nitrogens with zero attached hydrogens (tertiary/aromatic N) is 1. The highest BCUT2D eigenvalue weighted by Crippen LogP contribution is 2.29. The lowest BCUT2D eigenvalue weighted by Gasteiger charge is -2.27. The van der Waals surface area contributed by atoms with E-state index in [2.05, 4.69) is 20.9 Å². The Kier molecular flexibility index (Phi) is 4.18. The minimum atomic E-state index is -0.864. The third-order valence-corrected chi connectivity index (χ3v) is 4.53. The Morgan fingerprint density at radius 3 is 3.25 bits per heavy atom. The van der Waals surface area contributed by atoms with Gasteiger partial charge in [-0.15, -0.1) is 11.8 Å². The van der Waals surface area contributed by atoms with Crippen molar-refractivity contribution >= 4 is 23.5 Å². The minimum Gasteiger partial charge on any atom is -0.314 e. The standard InChI is InChI=1S/C13H17FN4OS/c14-9-6-15-4-3-10(9)16-5-8-1-2-11-13(17-8)18-12(19)7-20-11/h1-2,9-10,15-16H,3-7H2,(H,17,18,19)/t9-,10+/m1/s1. The summed E-state index contributed by atoms with van der Waals surface area (Å²) < 4.78 is 13.7. The van der Waals surface area contributed by atoms with Gasteiger partial charge >= 0.3 is 0 Å². The zero-order chi connectivity index (χ0) is 13.9. The Hall–Kier alpha value is -1.18. The smallest absolute Gasteiger partial charge is 0.235 e. The molecule has 0 spiro atoms. The molecule has 2 aliphatic rings. The van der Waals surface area contributed by atoms with E-state index in [0.717, 1.165) is 23.6 Å². The molecule has 3 rings (SSSR count). The molecule has 0 bridgehead atoms. The van der Waals surface area contributed by atoms with Crippen molar-refractivity contribution in [2.75, 3.05) is 24.2 Å². The number of fused-ring (bicyclic) bond motifs is 1. The molecular weight excluding hydrogens is 279 g/mol. The molecule has 1 amide bonds. The van der Waals surface area contributed by atoms with Gasteiger partial charge < -0.3 is 16.0 Å². The second-order valence-electron chi connectivity index (χ2n) is 4.98. The van der Waals surface area contributed by atoms with E-state index < -0.39 is 6.17 Å². The quantitative estimate of drug-likeness (QED) is 0.774. The maximum Gasteiger partial charge on any atom is 0.235 e. The van der Waals surface area contributed by atoms with Crippen LogP contribution in [-0.2, 0) is 11.3 Å². The van der Waals surface area contributed by atoms with Gasteiger partial charge in [-0.1, -0.05) is 0 Å². The van der Waals surface area contributed by atoms with Crippen molar-refractivity contribution in [3.8, 4) is 0 Å². The van der Waals surface area contributed by atoms with Crippen LogP contribution in [0.4, 0.5) is 10.2 Å². The van der Waals surface area contributed by atoms with Gasteiger partial charge in [0.25, 0.3) is 0 Å². The van der Waals surface area contributed by atoms with Crippen molar-refractivity contribution in [1.29, 1.82) is 0 Å². The molecule has 7 heteroatoms. The normalized spacial score (nSPS) is 25.9. The molecule has 0 radical (unpaired) electrons. The summed E-state index contributed by atoms with van der Waals surface area (Å²) in [5, 5.41) is 9.00. The van der Waals surface area contributed by atoms with Gasteiger partial charge in [-0.2, -0.15) is 0 Å². The fraction of sp³-hybridized carbons (Fsp3) is 0.538. The summed E-state index contributed by atoms with van der Waals surface area (Å²) in [4.78, 5) is 16.7. The van der Waals surface area contributed by atoms with E-state index >= 15 is 0 Å². The number of aromatic nitrogens is 1. The third kappa shape index (κ3) is 3.11. The molecule has 1 aromatic heterocycles.